The Balaban J connectivity index is 1.60. The Labute approximate surface area is 139 Å². The van der Waals surface area contributed by atoms with Gasteiger partial charge in [-0.3, -0.25) is 9.69 Å². The highest BCUT2D eigenvalue weighted by Crippen LogP contribution is 2.18. The lowest BCUT2D eigenvalue weighted by molar-refractivity contribution is -0.0705. The Bertz CT molecular complexity index is 651. The summed E-state index contributed by atoms with van der Waals surface area (Å²) in [6.07, 6.45) is 0.431. The zero-order chi connectivity index (χ0) is 16.2. The zero-order valence-electron chi connectivity index (χ0n) is 13.2. The van der Waals surface area contributed by atoms with Crippen LogP contribution in [0.1, 0.15) is 28.7 Å². The van der Waals surface area contributed by atoms with Gasteiger partial charge in [-0.25, -0.2) is 0 Å². The third-order valence-corrected chi connectivity index (χ3v) is 4.45. The molecule has 1 amide bonds. The van der Waals surface area contributed by atoms with E-state index in [1.807, 2.05) is 30.3 Å². The molecule has 3 rings (SSSR count). The highest BCUT2D eigenvalue weighted by atomic mass is 32.1. The summed E-state index contributed by atoms with van der Waals surface area (Å²) in [6.45, 7) is 6.59. The molecule has 23 heavy (non-hydrogen) atoms. The number of hydrogen-bond donors (Lipinski definition) is 1. The monoisotopic (exact) mass is 332 g/mol. The second-order valence-electron chi connectivity index (χ2n) is 5.77. The molecule has 1 aromatic carbocycles. The van der Waals surface area contributed by atoms with E-state index in [0.717, 1.165) is 23.8 Å². The second kappa shape index (κ2) is 7.16. The maximum atomic E-state index is 12.2. The van der Waals surface area contributed by atoms with Crippen LogP contribution in [-0.2, 0) is 11.3 Å². The largest absolute Gasteiger partial charge is 0.373 e. The number of carbonyl (C=O) groups excluding carboxylic acids is 1. The van der Waals surface area contributed by atoms with Crippen molar-refractivity contribution in [3.05, 3.63) is 40.3 Å². The summed E-state index contributed by atoms with van der Waals surface area (Å²) in [4.78, 5) is 14.5. The molecule has 1 aliphatic rings. The lowest BCUT2D eigenvalue weighted by Gasteiger charge is -2.34. The van der Waals surface area contributed by atoms with Gasteiger partial charge in [-0.1, -0.05) is 29.5 Å². The Morgan fingerprint density at radius 3 is 2.65 bits per heavy atom. The van der Waals surface area contributed by atoms with Crippen LogP contribution in [0.15, 0.2) is 30.3 Å². The number of para-hydroxylation sites is 1. The van der Waals surface area contributed by atoms with Crippen LogP contribution < -0.4 is 5.32 Å². The van der Waals surface area contributed by atoms with E-state index >= 15 is 0 Å². The molecule has 1 aromatic heterocycles. The molecule has 0 radical (unpaired) electrons. The molecule has 1 saturated heterocycles. The number of anilines is 1. The van der Waals surface area contributed by atoms with Crippen LogP contribution in [0.3, 0.4) is 0 Å². The van der Waals surface area contributed by atoms with Crippen molar-refractivity contribution < 1.29 is 9.53 Å². The number of aromatic nitrogens is 2. The Morgan fingerprint density at radius 2 is 1.96 bits per heavy atom. The van der Waals surface area contributed by atoms with Crippen molar-refractivity contribution >= 4 is 22.9 Å². The third-order valence-electron chi connectivity index (χ3n) is 3.55. The average Bonchev–Trinajstić information content (AvgIpc) is 2.96. The summed E-state index contributed by atoms with van der Waals surface area (Å²) in [5, 5.41) is 12.2. The topological polar surface area (TPSA) is 67.4 Å². The van der Waals surface area contributed by atoms with Gasteiger partial charge in [0.1, 0.15) is 5.01 Å². The summed E-state index contributed by atoms with van der Waals surface area (Å²) in [6, 6.07) is 9.35. The molecule has 0 aliphatic carbocycles. The molecule has 2 heterocycles. The van der Waals surface area contributed by atoms with Gasteiger partial charge >= 0.3 is 0 Å². The normalized spacial score (nSPS) is 22.0. The fraction of sp³-hybridized carbons (Fsp3) is 0.438. The lowest BCUT2D eigenvalue weighted by Crippen LogP contribution is -2.44. The molecule has 1 aliphatic heterocycles. The van der Waals surface area contributed by atoms with Gasteiger partial charge in [0, 0.05) is 18.8 Å². The predicted octanol–water partition coefficient (Wildman–Crippen LogP) is 2.40. The zero-order valence-corrected chi connectivity index (χ0v) is 14.0. The van der Waals surface area contributed by atoms with Crippen molar-refractivity contribution in [2.24, 2.45) is 0 Å². The molecule has 2 aromatic rings. The molecule has 0 unspecified atom stereocenters. The van der Waals surface area contributed by atoms with E-state index in [-0.39, 0.29) is 18.1 Å². The van der Waals surface area contributed by atoms with Crippen molar-refractivity contribution in [2.45, 2.75) is 32.6 Å². The molecular formula is C16H20N4O2S. The van der Waals surface area contributed by atoms with Crippen LogP contribution in [0.2, 0.25) is 0 Å². The highest BCUT2D eigenvalue weighted by Gasteiger charge is 2.23. The minimum atomic E-state index is -0.219. The van der Waals surface area contributed by atoms with Crippen molar-refractivity contribution in [3.8, 4) is 0 Å². The van der Waals surface area contributed by atoms with Crippen LogP contribution in [0.4, 0.5) is 5.69 Å². The minimum absolute atomic E-state index is 0.215. The van der Waals surface area contributed by atoms with Gasteiger partial charge in [-0.05, 0) is 26.0 Å². The van der Waals surface area contributed by atoms with E-state index < -0.39 is 0 Å². The first-order valence-electron chi connectivity index (χ1n) is 7.67. The molecule has 6 nitrogen and oxygen atoms in total. The highest BCUT2D eigenvalue weighted by molar-refractivity contribution is 7.13. The van der Waals surface area contributed by atoms with E-state index in [2.05, 4.69) is 34.3 Å². The van der Waals surface area contributed by atoms with Crippen LogP contribution in [0.25, 0.3) is 0 Å². The van der Waals surface area contributed by atoms with Crippen LogP contribution >= 0.6 is 11.3 Å². The molecule has 0 saturated carbocycles. The van der Waals surface area contributed by atoms with Gasteiger partial charge in [-0.2, -0.15) is 0 Å². The molecule has 0 bridgehead atoms. The summed E-state index contributed by atoms with van der Waals surface area (Å²) in [7, 11) is 0. The van der Waals surface area contributed by atoms with Crippen molar-refractivity contribution in [3.63, 3.8) is 0 Å². The van der Waals surface area contributed by atoms with Crippen LogP contribution in [-0.4, -0.2) is 46.3 Å². The summed E-state index contributed by atoms with van der Waals surface area (Å²) in [5.41, 5.74) is 0.755. The molecule has 1 fully saturated rings. The third kappa shape index (κ3) is 4.34. The summed E-state index contributed by atoms with van der Waals surface area (Å²) >= 11 is 1.34. The number of ether oxygens (including phenoxy) is 1. The first-order chi connectivity index (χ1) is 11.1. The molecule has 7 heteroatoms. The fourth-order valence-electron chi connectivity index (χ4n) is 2.72. The Morgan fingerprint density at radius 1 is 1.26 bits per heavy atom. The van der Waals surface area contributed by atoms with E-state index in [1.165, 1.54) is 11.3 Å². The summed E-state index contributed by atoms with van der Waals surface area (Å²) < 4.78 is 5.73. The van der Waals surface area contributed by atoms with E-state index in [0.29, 0.717) is 11.6 Å². The molecular weight excluding hydrogens is 312 g/mol. The smallest absolute Gasteiger partial charge is 0.286 e. The lowest BCUT2D eigenvalue weighted by atomic mass is 10.2. The number of carbonyl (C=O) groups is 1. The maximum absolute atomic E-state index is 12.2. The quantitative estimate of drug-likeness (QED) is 0.931. The fourth-order valence-corrected chi connectivity index (χ4v) is 3.50. The Kier molecular flexibility index (Phi) is 5.00. The van der Waals surface area contributed by atoms with Gasteiger partial charge < -0.3 is 10.1 Å². The molecule has 0 spiro atoms. The number of benzene rings is 1. The van der Waals surface area contributed by atoms with Gasteiger partial charge in [-0.15, -0.1) is 10.2 Å². The molecule has 1 N–H and O–H groups in total. The van der Waals surface area contributed by atoms with Crippen molar-refractivity contribution in [2.75, 3.05) is 18.4 Å². The minimum Gasteiger partial charge on any atom is -0.373 e. The Hall–Kier alpha value is -1.83. The van der Waals surface area contributed by atoms with Gasteiger partial charge in [0.05, 0.1) is 18.8 Å². The van der Waals surface area contributed by atoms with E-state index in [4.69, 9.17) is 4.74 Å². The van der Waals surface area contributed by atoms with Crippen LogP contribution in [0.5, 0.6) is 0 Å². The number of nitrogens with zero attached hydrogens (tertiary/aromatic N) is 3. The summed E-state index contributed by atoms with van der Waals surface area (Å²) in [5.74, 6) is -0.219. The van der Waals surface area contributed by atoms with E-state index in [9.17, 15) is 4.79 Å². The van der Waals surface area contributed by atoms with Gasteiger partial charge in [0.15, 0.2) is 0 Å². The second-order valence-corrected chi connectivity index (χ2v) is 6.83. The molecule has 2 atom stereocenters. The van der Waals surface area contributed by atoms with Crippen LogP contribution in [0, 0.1) is 0 Å². The van der Waals surface area contributed by atoms with Crippen molar-refractivity contribution in [1.29, 1.82) is 0 Å². The molecule has 122 valence electrons. The van der Waals surface area contributed by atoms with Crippen molar-refractivity contribution in [1.82, 2.24) is 15.1 Å². The number of hydrogen-bond acceptors (Lipinski definition) is 6. The first-order valence-corrected chi connectivity index (χ1v) is 8.48. The van der Waals surface area contributed by atoms with Gasteiger partial charge in [0.25, 0.3) is 5.91 Å². The average molecular weight is 332 g/mol. The predicted molar refractivity (Wildman–Crippen MR) is 89.6 cm³/mol. The SMILES string of the molecule is C[C@@H]1CN(Cc2nnc(C(=O)Nc3ccccc3)s2)C[C@H](C)O1. The number of amides is 1. The standard InChI is InChI=1S/C16H20N4O2S/c1-11-8-20(9-12(2)22-11)10-14-18-19-16(23-14)15(21)17-13-6-4-3-5-7-13/h3-7,11-12H,8-10H2,1-2H3,(H,17,21)/t11-,12+. The van der Waals surface area contributed by atoms with Gasteiger partial charge in [0.2, 0.25) is 5.01 Å². The first kappa shape index (κ1) is 16.0. The van der Waals surface area contributed by atoms with E-state index in [1.54, 1.807) is 0 Å². The number of nitrogens with one attached hydrogen (secondary N) is 1. The maximum Gasteiger partial charge on any atom is 0.286 e. The number of morpholine rings is 1. The number of rotatable bonds is 4.